The van der Waals surface area contributed by atoms with Gasteiger partial charge in [-0.2, -0.15) is 0 Å². The van der Waals surface area contributed by atoms with Crippen LogP contribution in [0.25, 0.3) is 10.4 Å². The first-order valence-corrected chi connectivity index (χ1v) is 4.59. The largest absolute Gasteiger partial charge is 0.463 e. The average Bonchev–Trinajstić information content (AvgIpc) is 2.14. The number of carbonyl (C=O) groups excluding carboxylic acids is 1. The van der Waals surface area contributed by atoms with Crippen molar-refractivity contribution in [3.8, 4) is 0 Å². The molecule has 0 amide bonds. The van der Waals surface area contributed by atoms with Crippen LogP contribution < -0.4 is 0 Å². The van der Waals surface area contributed by atoms with Gasteiger partial charge >= 0.3 is 5.97 Å². The lowest BCUT2D eigenvalue weighted by Crippen LogP contribution is -2.09. The van der Waals surface area contributed by atoms with E-state index in [9.17, 15) is 4.79 Å². The van der Waals surface area contributed by atoms with E-state index in [2.05, 4.69) is 16.6 Å². The first-order valence-electron chi connectivity index (χ1n) is 4.59. The van der Waals surface area contributed by atoms with Crippen LogP contribution in [0.5, 0.6) is 0 Å². The highest BCUT2D eigenvalue weighted by Gasteiger charge is 2.13. The lowest BCUT2D eigenvalue weighted by molar-refractivity contribution is -0.138. The second-order valence-corrected chi connectivity index (χ2v) is 3.11. The van der Waals surface area contributed by atoms with E-state index in [1.54, 1.807) is 20.8 Å². The Morgan fingerprint density at radius 3 is 2.53 bits per heavy atom. The molecule has 0 atom stereocenters. The van der Waals surface area contributed by atoms with Crippen LogP contribution in [0.15, 0.2) is 28.5 Å². The fourth-order valence-electron chi connectivity index (χ4n) is 0.995. The summed E-state index contributed by atoms with van der Waals surface area (Å²) in [4.78, 5) is 14.1. The monoisotopic (exact) mass is 209 g/mol. The van der Waals surface area contributed by atoms with Crippen LogP contribution in [0.3, 0.4) is 0 Å². The van der Waals surface area contributed by atoms with E-state index in [1.807, 2.05) is 0 Å². The first-order chi connectivity index (χ1) is 7.02. The Bertz CT molecular complexity index is 339. The molecule has 0 aromatic rings. The third-order valence-electron chi connectivity index (χ3n) is 1.63. The number of hydrogen-bond donors (Lipinski definition) is 0. The Morgan fingerprint density at radius 2 is 2.13 bits per heavy atom. The van der Waals surface area contributed by atoms with E-state index >= 15 is 0 Å². The minimum Gasteiger partial charge on any atom is -0.463 e. The normalized spacial score (nSPS) is 11.1. The van der Waals surface area contributed by atoms with Gasteiger partial charge in [-0.05, 0) is 26.3 Å². The van der Waals surface area contributed by atoms with E-state index in [4.69, 9.17) is 10.3 Å². The number of rotatable bonds is 5. The molecule has 0 fully saturated rings. The molecule has 0 aromatic heterocycles. The van der Waals surface area contributed by atoms with Crippen LogP contribution >= 0.6 is 0 Å². The highest BCUT2D eigenvalue weighted by atomic mass is 16.5. The minimum absolute atomic E-state index is 0.294. The summed E-state index contributed by atoms with van der Waals surface area (Å²) in [5, 5.41) is 3.40. The zero-order valence-corrected chi connectivity index (χ0v) is 9.28. The first kappa shape index (κ1) is 13.3. The minimum atomic E-state index is -0.453. The van der Waals surface area contributed by atoms with Crippen molar-refractivity contribution in [2.75, 3.05) is 6.61 Å². The molecule has 0 spiro atoms. The molecule has 0 rings (SSSR count). The zero-order valence-electron chi connectivity index (χ0n) is 9.28. The summed E-state index contributed by atoms with van der Waals surface area (Å²) >= 11 is 0. The van der Waals surface area contributed by atoms with Crippen LogP contribution in [-0.2, 0) is 9.53 Å². The summed E-state index contributed by atoms with van der Waals surface area (Å²) in [5.41, 5.74) is 9.79. The molecule has 82 valence electrons. The van der Waals surface area contributed by atoms with Gasteiger partial charge in [-0.15, -0.1) is 0 Å². The fraction of sp³-hybridized carbons (Fsp3) is 0.500. The van der Waals surface area contributed by atoms with Gasteiger partial charge in [0.15, 0.2) is 0 Å². The molecule has 0 aliphatic carbocycles. The van der Waals surface area contributed by atoms with Gasteiger partial charge in [0, 0.05) is 22.6 Å². The zero-order chi connectivity index (χ0) is 11.8. The molecule has 0 aromatic carbocycles. The molecule has 5 nitrogen and oxygen atoms in total. The van der Waals surface area contributed by atoms with Crippen molar-refractivity contribution in [2.45, 2.75) is 27.2 Å². The maximum atomic E-state index is 11.5. The maximum Gasteiger partial charge on any atom is 0.334 e. The summed E-state index contributed by atoms with van der Waals surface area (Å²) < 4.78 is 4.85. The maximum absolute atomic E-state index is 11.5. The van der Waals surface area contributed by atoms with E-state index in [1.165, 1.54) is 0 Å². The quantitative estimate of drug-likeness (QED) is 0.174. The Kier molecular flexibility index (Phi) is 5.90. The van der Waals surface area contributed by atoms with Gasteiger partial charge in [-0.1, -0.05) is 17.3 Å². The van der Waals surface area contributed by atoms with Crippen LogP contribution in [0.1, 0.15) is 27.2 Å². The lowest BCUT2D eigenvalue weighted by Gasteiger charge is -2.08. The molecular formula is C10H15N3O2. The van der Waals surface area contributed by atoms with Crippen molar-refractivity contribution in [1.82, 2.24) is 0 Å². The van der Waals surface area contributed by atoms with Crippen molar-refractivity contribution in [2.24, 2.45) is 5.11 Å². The van der Waals surface area contributed by atoms with E-state index < -0.39 is 5.97 Å². The van der Waals surface area contributed by atoms with Gasteiger partial charge in [0.1, 0.15) is 0 Å². The van der Waals surface area contributed by atoms with Crippen molar-refractivity contribution in [3.05, 3.63) is 33.9 Å². The number of hydrogen-bond acceptors (Lipinski definition) is 3. The summed E-state index contributed by atoms with van der Waals surface area (Å²) in [5.74, 6) is -0.453. The Balaban J connectivity index is 5.03. The SMILES string of the molecule is C=C(C)C/C(C(=O)OCC)=C(/C)N=[N+]=[N-]. The van der Waals surface area contributed by atoms with Gasteiger partial charge in [0.25, 0.3) is 0 Å². The average molecular weight is 209 g/mol. The fourth-order valence-corrected chi connectivity index (χ4v) is 0.995. The molecule has 0 radical (unpaired) electrons. The topological polar surface area (TPSA) is 75.1 Å². The molecular weight excluding hydrogens is 194 g/mol. The van der Waals surface area contributed by atoms with E-state index in [-0.39, 0.29) is 0 Å². The lowest BCUT2D eigenvalue weighted by atomic mass is 10.1. The molecule has 0 N–H and O–H groups in total. The second-order valence-electron chi connectivity index (χ2n) is 3.11. The van der Waals surface area contributed by atoms with Crippen molar-refractivity contribution in [1.29, 1.82) is 0 Å². The molecule has 15 heavy (non-hydrogen) atoms. The van der Waals surface area contributed by atoms with E-state index in [0.717, 1.165) is 5.57 Å². The Morgan fingerprint density at radius 1 is 1.53 bits per heavy atom. The van der Waals surface area contributed by atoms with Crippen molar-refractivity contribution in [3.63, 3.8) is 0 Å². The predicted molar refractivity (Wildman–Crippen MR) is 57.9 cm³/mol. The van der Waals surface area contributed by atoms with Gasteiger partial charge in [-0.3, -0.25) is 0 Å². The number of nitrogens with zero attached hydrogens (tertiary/aromatic N) is 3. The number of azide groups is 1. The molecule has 0 unspecified atom stereocenters. The third-order valence-corrected chi connectivity index (χ3v) is 1.63. The molecule has 0 aliphatic rings. The number of esters is 1. The summed E-state index contributed by atoms with van der Waals surface area (Å²) in [7, 11) is 0. The summed E-state index contributed by atoms with van der Waals surface area (Å²) in [6.07, 6.45) is 0.365. The van der Waals surface area contributed by atoms with Gasteiger partial charge in [-0.25, -0.2) is 4.79 Å². The number of allylic oxidation sites excluding steroid dienone is 2. The van der Waals surface area contributed by atoms with Crippen LogP contribution in [0.2, 0.25) is 0 Å². The van der Waals surface area contributed by atoms with Crippen LogP contribution in [0, 0.1) is 0 Å². The predicted octanol–water partition coefficient (Wildman–Crippen LogP) is 3.10. The highest BCUT2D eigenvalue weighted by Crippen LogP contribution is 2.16. The standard InChI is InChI=1S/C10H15N3O2/c1-5-15-10(14)9(6-7(2)3)8(4)12-13-11/h2,5-6H2,1,3-4H3/b9-8+. The van der Waals surface area contributed by atoms with Gasteiger partial charge in [0.05, 0.1) is 6.61 Å². The second kappa shape index (κ2) is 6.68. The smallest absolute Gasteiger partial charge is 0.334 e. The number of carbonyl (C=O) groups is 1. The van der Waals surface area contributed by atoms with Crippen molar-refractivity contribution < 1.29 is 9.53 Å². The molecule has 0 heterocycles. The number of ether oxygens (including phenoxy) is 1. The van der Waals surface area contributed by atoms with E-state index in [0.29, 0.717) is 24.3 Å². The summed E-state index contributed by atoms with van der Waals surface area (Å²) in [6, 6.07) is 0. The van der Waals surface area contributed by atoms with Gasteiger partial charge < -0.3 is 4.74 Å². The molecule has 0 aliphatic heterocycles. The Hall–Kier alpha value is -1.74. The van der Waals surface area contributed by atoms with Crippen LogP contribution in [-0.4, -0.2) is 12.6 Å². The molecule has 0 saturated heterocycles. The van der Waals surface area contributed by atoms with Crippen molar-refractivity contribution >= 4 is 5.97 Å². The molecule has 0 bridgehead atoms. The summed E-state index contributed by atoms with van der Waals surface area (Å²) in [6.45, 7) is 9.09. The Labute approximate surface area is 89.1 Å². The molecule has 5 heteroatoms. The van der Waals surface area contributed by atoms with Crippen LogP contribution in [0.4, 0.5) is 0 Å². The molecule has 0 saturated carbocycles. The third kappa shape index (κ3) is 4.88. The highest BCUT2D eigenvalue weighted by molar-refractivity contribution is 5.89. The van der Waals surface area contributed by atoms with Gasteiger partial charge in [0.2, 0.25) is 0 Å².